The zero-order chi connectivity index (χ0) is 26.8. The van der Waals surface area contributed by atoms with E-state index in [2.05, 4.69) is 125 Å². The fourth-order valence-electron chi connectivity index (χ4n) is 8.58. The van der Waals surface area contributed by atoms with E-state index in [0.29, 0.717) is 0 Å². The Morgan fingerprint density at radius 1 is 0.610 bits per heavy atom. The molecular weight excluding hydrogens is 506 g/mol. The highest BCUT2D eigenvalue weighted by Gasteiger charge is 2.71. The number of aromatic nitrogens is 2. The van der Waals surface area contributed by atoms with Crippen molar-refractivity contribution in [2.75, 3.05) is 4.90 Å². The smallest absolute Gasteiger partial charge is 0.385 e. The van der Waals surface area contributed by atoms with Crippen molar-refractivity contribution in [2.24, 2.45) is 0 Å². The molecular formula is C36H23N3O2+2. The van der Waals surface area contributed by atoms with Crippen molar-refractivity contribution >= 4 is 17.2 Å². The normalized spacial score (nSPS) is 19.4. The lowest BCUT2D eigenvalue weighted by molar-refractivity contribution is -0.959. The summed E-state index contributed by atoms with van der Waals surface area (Å²) in [6, 6.07) is 31.0. The van der Waals surface area contributed by atoms with E-state index in [4.69, 9.17) is 9.15 Å². The molecule has 41 heavy (non-hydrogen) atoms. The van der Waals surface area contributed by atoms with E-state index in [1.165, 1.54) is 44.8 Å². The van der Waals surface area contributed by atoms with E-state index in [9.17, 15) is 0 Å². The molecule has 6 aromatic rings. The second-order valence-corrected chi connectivity index (χ2v) is 12.2. The van der Waals surface area contributed by atoms with Crippen LogP contribution in [0.2, 0.25) is 0 Å². The van der Waals surface area contributed by atoms with Gasteiger partial charge < -0.3 is 9.15 Å². The third-order valence-corrected chi connectivity index (χ3v) is 10.1. The monoisotopic (exact) mass is 529 g/mol. The minimum atomic E-state index is -0.698. The number of oxazole rings is 1. The van der Waals surface area contributed by atoms with Crippen molar-refractivity contribution in [2.45, 2.75) is 24.9 Å². The predicted molar refractivity (Wildman–Crippen MR) is 154 cm³/mol. The van der Waals surface area contributed by atoms with Crippen molar-refractivity contribution in [1.29, 1.82) is 0 Å². The van der Waals surface area contributed by atoms with E-state index < -0.39 is 5.66 Å². The predicted octanol–water partition coefficient (Wildman–Crippen LogP) is 7.31. The average molecular weight is 530 g/mol. The van der Waals surface area contributed by atoms with Crippen LogP contribution >= 0.6 is 0 Å². The van der Waals surface area contributed by atoms with Gasteiger partial charge in [-0.25, -0.2) is 0 Å². The maximum atomic E-state index is 6.80. The van der Waals surface area contributed by atoms with Crippen LogP contribution in [0.4, 0.5) is 17.2 Å². The molecule has 0 saturated carbocycles. The third-order valence-electron chi connectivity index (χ3n) is 10.1. The Labute approximate surface area is 236 Å². The zero-order valence-corrected chi connectivity index (χ0v) is 22.5. The number of fused-ring (bicyclic) bond motifs is 5. The van der Waals surface area contributed by atoms with Crippen LogP contribution in [-0.4, -0.2) is 0 Å². The lowest BCUT2D eigenvalue weighted by Crippen LogP contribution is -2.76. The lowest BCUT2D eigenvalue weighted by atomic mass is 9.69. The van der Waals surface area contributed by atoms with Gasteiger partial charge in [0.2, 0.25) is 6.20 Å². The topological polar surface area (TPSA) is 33.4 Å². The van der Waals surface area contributed by atoms with Crippen molar-refractivity contribution in [3.63, 3.8) is 0 Å². The summed E-state index contributed by atoms with van der Waals surface area (Å²) in [6.07, 6.45) is 6.15. The minimum absolute atomic E-state index is 0.230. The summed E-state index contributed by atoms with van der Waals surface area (Å²) in [5.74, 6) is 3.77. The van der Waals surface area contributed by atoms with Crippen LogP contribution in [0.5, 0.6) is 11.5 Å². The van der Waals surface area contributed by atoms with E-state index in [0.717, 1.165) is 39.9 Å². The van der Waals surface area contributed by atoms with Crippen LogP contribution in [0.3, 0.4) is 0 Å². The molecule has 1 atom stereocenters. The van der Waals surface area contributed by atoms with Crippen molar-refractivity contribution in [1.82, 2.24) is 0 Å². The third kappa shape index (κ3) is 1.95. The minimum Gasteiger partial charge on any atom is -0.456 e. The number of hydrogen-bond acceptors (Lipinski definition) is 3. The van der Waals surface area contributed by atoms with Gasteiger partial charge in [0.15, 0.2) is 17.5 Å². The van der Waals surface area contributed by atoms with Crippen LogP contribution in [0.1, 0.15) is 36.1 Å². The van der Waals surface area contributed by atoms with Gasteiger partial charge in [-0.1, -0.05) is 68.4 Å². The second-order valence-electron chi connectivity index (χ2n) is 12.2. The number of anilines is 3. The molecule has 1 unspecified atom stereocenters. The number of hydrogen-bond donors (Lipinski definition) is 0. The van der Waals surface area contributed by atoms with Crippen LogP contribution in [0.15, 0.2) is 108 Å². The summed E-state index contributed by atoms with van der Waals surface area (Å²) in [5, 5.41) is 0. The van der Waals surface area contributed by atoms with E-state index in [-0.39, 0.29) is 5.41 Å². The first-order chi connectivity index (χ1) is 20.1. The highest BCUT2D eigenvalue weighted by atomic mass is 16.5. The van der Waals surface area contributed by atoms with Crippen LogP contribution < -0.4 is 18.8 Å². The van der Waals surface area contributed by atoms with Gasteiger partial charge in [-0.2, -0.15) is 9.47 Å². The molecule has 5 heteroatoms. The molecule has 0 N–H and O–H groups in total. The number of rotatable bonds is 0. The summed E-state index contributed by atoms with van der Waals surface area (Å²) in [5.41, 5.74) is 12.5. The summed E-state index contributed by atoms with van der Waals surface area (Å²) in [7, 11) is 0. The molecule has 11 rings (SSSR count). The molecule has 0 aliphatic carbocycles. The molecule has 7 heterocycles. The standard InChI is InChI=1S/C36H23N3O2/c1-35(2)25-13-5-10-22-20-8-3-4-9-21(20)23-12-7-17-37-33(23)39(31(22)25)32-26(35)15-16-28-30(32)36(37)29-24(11-6-14-27(29)41-28)34-38(36)18-19-40-34/h3-19H,1-2H3/q+2. The summed E-state index contributed by atoms with van der Waals surface area (Å²) in [6.45, 7) is 4.73. The first-order valence-corrected chi connectivity index (χ1v) is 14.2. The molecule has 192 valence electrons. The summed E-state index contributed by atoms with van der Waals surface area (Å²) >= 11 is 0. The molecule has 5 aliphatic heterocycles. The van der Waals surface area contributed by atoms with Gasteiger partial charge in [-0.15, -0.1) is 4.57 Å². The highest BCUT2D eigenvalue weighted by molar-refractivity contribution is 6.05. The molecule has 5 nitrogen and oxygen atoms in total. The van der Waals surface area contributed by atoms with Gasteiger partial charge in [0.25, 0.3) is 0 Å². The van der Waals surface area contributed by atoms with Crippen LogP contribution in [0.25, 0.3) is 33.7 Å². The molecule has 0 radical (unpaired) electrons. The largest absolute Gasteiger partial charge is 0.456 e. The van der Waals surface area contributed by atoms with Gasteiger partial charge in [0.05, 0.1) is 11.8 Å². The number of para-hydroxylation sites is 1. The van der Waals surface area contributed by atoms with E-state index >= 15 is 0 Å². The van der Waals surface area contributed by atoms with Gasteiger partial charge in [0, 0.05) is 22.1 Å². The zero-order valence-electron chi connectivity index (χ0n) is 22.5. The summed E-state index contributed by atoms with van der Waals surface area (Å²) < 4.78 is 17.8. The average Bonchev–Trinajstić information content (AvgIpc) is 3.56. The fraction of sp³-hybridized carbons (Fsp3) is 0.111. The number of benzene rings is 4. The highest BCUT2D eigenvalue weighted by Crippen LogP contribution is 2.66. The molecule has 2 aromatic heterocycles. The molecule has 0 amide bonds. The Morgan fingerprint density at radius 2 is 1.34 bits per heavy atom. The number of nitrogens with zero attached hydrogens (tertiary/aromatic N) is 3. The molecule has 0 fully saturated rings. The van der Waals surface area contributed by atoms with Crippen molar-refractivity contribution in [3.8, 4) is 45.2 Å². The molecule has 0 saturated heterocycles. The van der Waals surface area contributed by atoms with Gasteiger partial charge in [0.1, 0.15) is 28.3 Å². The lowest BCUT2D eigenvalue weighted by Gasteiger charge is -2.44. The fourth-order valence-corrected chi connectivity index (χ4v) is 8.58. The van der Waals surface area contributed by atoms with Gasteiger partial charge >= 0.3 is 17.4 Å². The maximum absolute atomic E-state index is 6.80. The number of ether oxygens (including phenoxy) is 1. The Bertz CT molecular complexity index is 2240. The van der Waals surface area contributed by atoms with Crippen LogP contribution in [0, 0.1) is 0 Å². The first-order valence-electron chi connectivity index (χ1n) is 14.2. The van der Waals surface area contributed by atoms with Gasteiger partial charge in [-0.05, 0) is 41.5 Å². The van der Waals surface area contributed by atoms with Crippen molar-refractivity contribution < 1.29 is 18.3 Å². The Balaban J connectivity index is 1.46. The maximum Gasteiger partial charge on any atom is 0.385 e. The number of pyridine rings is 1. The van der Waals surface area contributed by atoms with Crippen molar-refractivity contribution in [3.05, 3.63) is 126 Å². The molecule has 4 aromatic carbocycles. The Kier molecular flexibility index (Phi) is 3.16. The molecule has 5 aliphatic rings. The SMILES string of the molecule is CC1(C)c2cccc3c2N2c4c1ccc1c4C4(c5c(cccc5-c5occ[n+]54)O1)[n+]1cccc(c12)-c1ccccc1-3. The second kappa shape index (κ2) is 6.26. The summed E-state index contributed by atoms with van der Waals surface area (Å²) in [4.78, 5) is 2.54. The molecule has 0 bridgehead atoms. The van der Waals surface area contributed by atoms with Crippen LogP contribution in [-0.2, 0) is 11.1 Å². The Hall–Kier alpha value is -5.16. The Morgan fingerprint density at radius 3 is 2.24 bits per heavy atom. The quantitative estimate of drug-likeness (QED) is 0.193. The first kappa shape index (κ1) is 20.7. The van der Waals surface area contributed by atoms with Gasteiger partial charge in [-0.3, -0.25) is 0 Å². The molecule has 1 spiro atoms. The van der Waals surface area contributed by atoms with E-state index in [1.54, 1.807) is 0 Å². The van der Waals surface area contributed by atoms with E-state index in [1.807, 2.05) is 6.26 Å².